The summed E-state index contributed by atoms with van der Waals surface area (Å²) in [5.41, 5.74) is 3.39. The number of imidazole rings is 1. The van der Waals surface area contributed by atoms with Crippen molar-refractivity contribution in [2.75, 3.05) is 24.5 Å². The van der Waals surface area contributed by atoms with Gasteiger partial charge in [0.2, 0.25) is 5.91 Å². The number of carbonyl (C=O) groups is 1. The Balaban J connectivity index is 1.51. The fraction of sp³-hybridized carbons (Fsp3) is 0.192. The number of piperazine rings is 1. The van der Waals surface area contributed by atoms with E-state index in [-0.39, 0.29) is 5.91 Å². The lowest BCUT2D eigenvalue weighted by molar-refractivity contribution is -0.121. The lowest BCUT2D eigenvalue weighted by atomic mass is 10.1. The highest BCUT2D eigenvalue weighted by molar-refractivity contribution is 6.05. The van der Waals surface area contributed by atoms with Crippen molar-refractivity contribution >= 4 is 22.4 Å². The Morgan fingerprint density at radius 3 is 2.82 bits per heavy atom. The van der Waals surface area contributed by atoms with Gasteiger partial charge in [-0.2, -0.15) is 5.26 Å². The second kappa shape index (κ2) is 7.76. The van der Waals surface area contributed by atoms with Crippen molar-refractivity contribution in [3.05, 3.63) is 83.9 Å². The molecular weight excluding hydrogens is 414 g/mol. The van der Waals surface area contributed by atoms with E-state index in [4.69, 9.17) is 4.74 Å². The average Bonchev–Trinajstić information content (AvgIpc) is 3.25. The topological polar surface area (TPSA) is 74.4 Å². The van der Waals surface area contributed by atoms with E-state index in [1.807, 2.05) is 65.7 Å². The van der Waals surface area contributed by atoms with E-state index in [1.165, 1.54) is 0 Å². The molecule has 0 N–H and O–H groups in total. The van der Waals surface area contributed by atoms with Crippen LogP contribution in [0.4, 0.5) is 5.69 Å². The zero-order valence-electron chi connectivity index (χ0n) is 17.9. The van der Waals surface area contributed by atoms with Gasteiger partial charge in [-0.25, -0.2) is 4.98 Å². The average molecular weight is 435 g/mol. The third-order valence-electron chi connectivity index (χ3n) is 6.35. The lowest BCUT2D eigenvalue weighted by Crippen LogP contribution is -2.50. The van der Waals surface area contributed by atoms with Crippen LogP contribution in [0, 0.1) is 11.3 Å². The molecule has 1 amide bonds. The van der Waals surface area contributed by atoms with Crippen LogP contribution < -0.4 is 9.64 Å². The molecule has 0 saturated carbocycles. The Morgan fingerprint density at radius 2 is 1.94 bits per heavy atom. The standard InChI is InChI=1S/C26H21N5O2/c27-12-20-10-18-4-7-25(20)33-22-6-5-19-2-1-3-24(23(19)11-22)31-9-8-29(16-26(31)32)15-21-13-28-17-30(21)14-18/h1-7,10-11,13,17H,8-9,14-16H2. The summed E-state index contributed by atoms with van der Waals surface area (Å²) < 4.78 is 8.21. The third-order valence-corrected chi connectivity index (χ3v) is 6.35. The van der Waals surface area contributed by atoms with Gasteiger partial charge in [0.05, 0.1) is 29.8 Å². The van der Waals surface area contributed by atoms with E-state index in [0.717, 1.165) is 34.3 Å². The summed E-state index contributed by atoms with van der Waals surface area (Å²) >= 11 is 0. The van der Waals surface area contributed by atoms with Gasteiger partial charge < -0.3 is 14.2 Å². The van der Waals surface area contributed by atoms with E-state index in [1.54, 1.807) is 6.33 Å². The smallest absolute Gasteiger partial charge is 0.241 e. The highest BCUT2D eigenvalue weighted by Gasteiger charge is 2.27. The first-order valence-corrected chi connectivity index (χ1v) is 10.9. The number of hydrogen-bond donors (Lipinski definition) is 0. The van der Waals surface area contributed by atoms with Crippen LogP contribution in [0.25, 0.3) is 10.8 Å². The van der Waals surface area contributed by atoms with Crippen LogP contribution in [0.1, 0.15) is 16.8 Å². The normalized spacial score (nSPS) is 17.6. The molecule has 0 radical (unpaired) electrons. The van der Waals surface area contributed by atoms with Crippen LogP contribution in [0.5, 0.6) is 11.5 Å². The Morgan fingerprint density at radius 1 is 1.00 bits per heavy atom. The zero-order chi connectivity index (χ0) is 22.4. The van der Waals surface area contributed by atoms with Crippen molar-refractivity contribution in [3.8, 4) is 17.6 Å². The predicted molar refractivity (Wildman–Crippen MR) is 124 cm³/mol. The van der Waals surface area contributed by atoms with Crippen molar-refractivity contribution in [1.82, 2.24) is 14.5 Å². The van der Waals surface area contributed by atoms with E-state index >= 15 is 0 Å². The quantitative estimate of drug-likeness (QED) is 0.419. The number of amides is 1. The number of nitrogens with zero attached hydrogens (tertiary/aromatic N) is 5. The van der Waals surface area contributed by atoms with Gasteiger partial charge >= 0.3 is 0 Å². The molecule has 33 heavy (non-hydrogen) atoms. The molecule has 3 aromatic carbocycles. The SMILES string of the molecule is N#Cc1cc2ccc1Oc1ccc3cccc(c3c1)N1CCN(CC1=O)Cc1cncn1C2. The minimum absolute atomic E-state index is 0.0781. The first kappa shape index (κ1) is 19.5. The number of rotatable bonds is 0. The molecule has 0 spiro atoms. The lowest BCUT2D eigenvalue weighted by Gasteiger charge is -2.35. The van der Waals surface area contributed by atoms with E-state index in [2.05, 4.69) is 20.5 Å². The van der Waals surface area contributed by atoms with Gasteiger partial charge in [-0.1, -0.05) is 24.3 Å². The van der Waals surface area contributed by atoms with Crippen molar-refractivity contribution in [2.45, 2.75) is 13.1 Å². The molecule has 7 heteroatoms. The molecular formula is C26H21N5O2. The second-order valence-electron chi connectivity index (χ2n) is 8.47. The fourth-order valence-electron chi connectivity index (χ4n) is 4.67. The molecule has 4 aromatic rings. The van der Waals surface area contributed by atoms with Crippen molar-refractivity contribution < 1.29 is 9.53 Å². The Bertz CT molecular complexity index is 1430. The van der Waals surface area contributed by atoms with Gasteiger partial charge in [0.25, 0.3) is 0 Å². The van der Waals surface area contributed by atoms with Crippen LogP contribution in [0.3, 0.4) is 0 Å². The molecule has 0 aliphatic carbocycles. The van der Waals surface area contributed by atoms with Crippen LogP contribution in [0.15, 0.2) is 67.1 Å². The van der Waals surface area contributed by atoms with Gasteiger partial charge in [0, 0.05) is 37.8 Å². The van der Waals surface area contributed by atoms with E-state index in [9.17, 15) is 10.1 Å². The molecule has 1 unspecified atom stereocenters. The molecule has 1 atom stereocenters. The maximum Gasteiger partial charge on any atom is 0.241 e. The first-order chi connectivity index (χ1) is 16.2. The van der Waals surface area contributed by atoms with E-state index in [0.29, 0.717) is 43.2 Å². The van der Waals surface area contributed by atoms with Crippen molar-refractivity contribution in [3.63, 3.8) is 0 Å². The first-order valence-electron chi connectivity index (χ1n) is 10.9. The van der Waals surface area contributed by atoms with Gasteiger partial charge in [0.15, 0.2) is 0 Å². The predicted octanol–water partition coefficient (Wildman–Crippen LogP) is 3.91. The zero-order valence-corrected chi connectivity index (χ0v) is 17.9. The number of aromatic nitrogens is 2. The summed E-state index contributed by atoms with van der Waals surface area (Å²) in [6.45, 7) is 2.98. The largest absolute Gasteiger partial charge is 0.456 e. The summed E-state index contributed by atoms with van der Waals surface area (Å²) in [5.74, 6) is 1.22. The Kier molecular flexibility index (Phi) is 4.60. The Labute approximate surface area is 191 Å². The molecule has 5 aliphatic rings. The summed E-state index contributed by atoms with van der Waals surface area (Å²) in [7, 11) is 0. The second-order valence-corrected chi connectivity index (χ2v) is 8.47. The monoisotopic (exact) mass is 435 g/mol. The third kappa shape index (κ3) is 3.51. The molecule has 6 heterocycles. The summed E-state index contributed by atoms with van der Waals surface area (Å²) in [6.07, 6.45) is 3.64. The molecule has 7 nitrogen and oxygen atoms in total. The minimum Gasteiger partial charge on any atom is -0.456 e. The highest BCUT2D eigenvalue weighted by atomic mass is 16.5. The maximum atomic E-state index is 13.2. The van der Waals surface area contributed by atoms with Crippen LogP contribution in [0.2, 0.25) is 0 Å². The molecule has 6 bridgehead atoms. The minimum atomic E-state index is 0.0781. The van der Waals surface area contributed by atoms with E-state index < -0.39 is 0 Å². The highest BCUT2D eigenvalue weighted by Crippen LogP contribution is 2.34. The molecule has 1 aromatic heterocycles. The summed E-state index contributed by atoms with van der Waals surface area (Å²) in [5, 5.41) is 11.7. The van der Waals surface area contributed by atoms with Crippen molar-refractivity contribution in [1.29, 1.82) is 5.26 Å². The van der Waals surface area contributed by atoms with Gasteiger partial charge in [-0.05, 0) is 41.3 Å². The fourth-order valence-corrected chi connectivity index (χ4v) is 4.67. The van der Waals surface area contributed by atoms with Gasteiger partial charge in [0.1, 0.15) is 17.6 Å². The number of anilines is 1. The number of carbonyl (C=O) groups excluding carboxylic acids is 1. The number of ether oxygens (including phenoxy) is 1. The van der Waals surface area contributed by atoms with Crippen LogP contribution >= 0.6 is 0 Å². The number of hydrogen-bond acceptors (Lipinski definition) is 5. The molecule has 1 saturated heterocycles. The number of nitriles is 1. The van der Waals surface area contributed by atoms with Gasteiger partial charge in [-0.3, -0.25) is 9.69 Å². The Hall–Kier alpha value is -4.15. The molecule has 9 rings (SSSR count). The molecule has 162 valence electrons. The molecule has 1 fully saturated rings. The molecule has 5 aliphatic heterocycles. The van der Waals surface area contributed by atoms with Crippen LogP contribution in [-0.4, -0.2) is 40.0 Å². The summed E-state index contributed by atoms with van der Waals surface area (Å²) in [4.78, 5) is 21.5. The summed E-state index contributed by atoms with van der Waals surface area (Å²) in [6, 6.07) is 19.8. The van der Waals surface area contributed by atoms with Crippen LogP contribution in [-0.2, 0) is 17.9 Å². The van der Waals surface area contributed by atoms with Gasteiger partial charge in [-0.15, -0.1) is 0 Å². The maximum absolute atomic E-state index is 13.2. The number of benzene rings is 3. The van der Waals surface area contributed by atoms with Crippen molar-refractivity contribution in [2.24, 2.45) is 0 Å².